The number of esters is 1. The van der Waals surface area contributed by atoms with Gasteiger partial charge in [0, 0.05) is 25.1 Å². The molecule has 1 aliphatic heterocycles. The molecule has 0 bridgehead atoms. The number of fused-ring (bicyclic) bond motifs is 1. The van der Waals surface area contributed by atoms with Gasteiger partial charge in [0.05, 0.1) is 19.3 Å². The van der Waals surface area contributed by atoms with Crippen molar-refractivity contribution in [3.05, 3.63) is 81.3 Å². The predicted molar refractivity (Wildman–Crippen MR) is 129 cm³/mol. The van der Waals surface area contributed by atoms with Crippen LogP contribution in [0.4, 0.5) is 0 Å². The van der Waals surface area contributed by atoms with Crippen LogP contribution in [0.15, 0.2) is 53.5 Å². The van der Waals surface area contributed by atoms with Crippen molar-refractivity contribution in [3.63, 3.8) is 0 Å². The van der Waals surface area contributed by atoms with Crippen LogP contribution in [0.1, 0.15) is 46.3 Å². The highest BCUT2D eigenvalue weighted by Crippen LogP contribution is 2.39. The van der Waals surface area contributed by atoms with Crippen LogP contribution in [-0.2, 0) is 16.1 Å². The van der Waals surface area contributed by atoms with Gasteiger partial charge < -0.3 is 34.4 Å². The van der Waals surface area contributed by atoms with Crippen LogP contribution >= 0.6 is 0 Å². The molecule has 0 fully saturated rings. The van der Waals surface area contributed by atoms with Crippen molar-refractivity contribution in [2.75, 3.05) is 20.5 Å². The molecular weight excluding hydrogens is 468 g/mol. The van der Waals surface area contributed by atoms with Gasteiger partial charge in [-0.15, -0.1) is 0 Å². The van der Waals surface area contributed by atoms with E-state index in [1.165, 1.54) is 0 Å². The molecule has 0 aliphatic carbocycles. The van der Waals surface area contributed by atoms with E-state index in [1.54, 1.807) is 44.4 Å². The Labute approximate surface area is 206 Å². The SMILES string of the molecule is CCOC(=O)c1c[nH]c(=O)c(C(CC(=O)NCc2ccc(OC)cc2)c2ccc3c(c2)OCO3)c1O. The summed E-state index contributed by atoms with van der Waals surface area (Å²) in [6.07, 6.45) is 0.915. The second-order valence-corrected chi connectivity index (χ2v) is 8.01. The first-order valence-corrected chi connectivity index (χ1v) is 11.3. The van der Waals surface area contributed by atoms with Crippen LogP contribution in [0.25, 0.3) is 0 Å². The van der Waals surface area contributed by atoms with Crippen LogP contribution in [-0.4, -0.2) is 42.5 Å². The van der Waals surface area contributed by atoms with Crippen LogP contribution in [0, 0.1) is 0 Å². The number of carbonyl (C=O) groups is 2. The molecule has 188 valence electrons. The van der Waals surface area contributed by atoms with Crippen molar-refractivity contribution < 1.29 is 33.6 Å². The molecule has 0 saturated heterocycles. The second-order valence-electron chi connectivity index (χ2n) is 8.01. The van der Waals surface area contributed by atoms with Gasteiger partial charge in [-0.2, -0.15) is 0 Å². The molecule has 36 heavy (non-hydrogen) atoms. The molecule has 0 radical (unpaired) electrons. The third-order valence-electron chi connectivity index (χ3n) is 5.78. The Hall–Kier alpha value is -4.47. The lowest BCUT2D eigenvalue weighted by atomic mass is 9.87. The number of benzene rings is 2. The first kappa shape index (κ1) is 24.6. The van der Waals surface area contributed by atoms with Crippen molar-refractivity contribution in [1.82, 2.24) is 10.3 Å². The number of H-pyrrole nitrogens is 1. The number of nitrogens with one attached hydrogen (secondary N) is 2. The molecule has 3 N–H and O–H groups in total. The molecule has 0 saturated carbocycles. The molecule has 1 aromatic heterocycles. The number of ether oxygens (including phenoxy) is 4. The number of pyridine rings is 1. The van der Waals surface area contributed by atoms with E-state index in [-0.39, 0.29) is 43.4 Å². The van der Waals surface area contributed by atoms with Crippen molar-refractivity contribution in [2.45, 2.75) is 25.8 Å². The largest absolute Gasteiger partial charge is 0.506 e. The summed E-state index contributed by atoms with van der Waals surface area (Å²) in [5.41, 5.74) is 0.426. The molecule has 1 aliphatic rings. The molecular formula is C26H26N2O8. The highest BCUT2D eigenvalue weighted by molar-refractivity contribution is 5.92. The standard InChI is InChI=1S/C26H26N2O8/c1-3-34-26(32)19-13-28-25(31)23(24(19)30)18(16-6-9-20-21(10-16)36-14-35-20)11-22(29)27-12-15-4-7-17(33-2)8-5-15/h4-10,13,18H,3,11-12,14H2,1-2H3,(H,27,29)(H2,28,30,31). The summed E-state index contributed by atoms with van der Waals surface area (Å²) in [7, 11) is 1.57. The zero-order valence-electron chi connectivity index (χ0n) is 19.8. The molecule has 3 aromatic rings. The van der Waals surface area contributed by atoms with Crippen molar-refractivity contribution in [2.24, 2.45) is 0 Å². The maximum atomic E-state index is 13.0. The number of hydrogen-bond acceptors (Lipinski definition) is 8. The van der Waals surface area contributed by atoms with Crippen LogP contribution < -0.4 is 25.1 Å². The Morgan fingerprint density at radius 2 is 1.89 bits per heavy atom. The topological polar surface area (TPSA) is 136 Å². The lowest BCUT2D eigenvalue weighted by Crippen LogP contribution is -2.27. The minimum atomic E-state index is -0.895. The summed E-state index contributed by atoms with van der Waals surface area (Å²) in [6, 6.07) is 12.2. The quantitative estimate of drug-likeness (QED) is 0.387. The first-order valence-electron chi connectivity index (χ1n) is 11.3. The van der Waals surface area contributed by atoms with E-state index >= 15 is 0 Å². The van der Waals surface area contributed by atoms with Crippen molar-refractivity contribution in [1.29, 1.82) is 0 Å². The van der Waals surface area contributed by atoms with E-state index in [0.29, 0.717) is 22.8 Å². The Balaban J connectivity index is 1.65. The summed E-state index contributed by atoms with van der Waals surface area (Å²) >= 11 is 0. The second kappa shape index (κ2) is 10.9. The van der Waals surface area contributed by atoms with Crippen LogP contribution in [0.5, 0.6) is 23.0 Å². The van der Waals surface area contributed by atoms with E-state index in [0.717, 1.165) is 11.8 Å². The first-order chi connectivity index (χ1) is 17.4. The number of methoxy groups -OCH3 is 1. The molecule has 4 rings (SSSR count). The third kappa shape index (κ3) is 5.27. The Kier molecular flexibility index (Phi) is 7.43. The molecule has 2 heterocycles. The van der Waals surface area contributed by atoms with Gasteiger partial charge in [0.2, 0.25) is 12.7 Å². The number of aromatic nitrogens is 1. The van der Waals surface area contributed by atoms with Gasteiger partial charge in [-0.1, -0.05) is 18.2 Å². The van der Waals surface area contributed by atoms with Crippen molar-refractivity contribution >= 4 is 11.9 Å². The average Bonchev–Trinajstić information content (AvgIpc) is 3.35. The van der Waals surface area contributed by atoms with E-state index in [1.807, 2.05) is 12.1 Å². The van der Waals surface area contributed by atoms with E-state index in [2.05, 4.69) is 10.3 Å². The lowest BCUT2D eigenvalue weighted by Gasteiger charge is -2.19. The smallest absolute Gasteiger partial charge is 0.343 e. The van der Waals surface area contributed by atoms with Gasteiger partial charge in [-0.05, 0) is 42.3 Å². The number of rotatable bonds is 9. The number of carbonyl (C=O) groups excluding carboxylic acids is 2. The van der Waals surface area contributed by atoms with Crippen LogP contribution in [0.2, 0.25) is 0 Å². The van der Waals surface area contributed by atoms with Gasteiger partial charge in [0.15, 0.2) is 11.5 Å². The molecule has 2 aromatic carbocycles. The minimum absolute atomic E-state index is 0.0516. The van der Waals surface area contributed by atoms with Gasteiger partial charge in [-0.3, -0.25) is 9.59 Å². The van der Waals surface area contributed by atoms with Crippen molar-refractivity contribution in [3.8, 4) is 23.0 Å². The minimum Gasteiger partial charge on any atom is -0.506 e. The number of hydrogen-bond donors (Lipinski definition) is 3. The highest BCUT2D eigenvalue weighted by atomic mass is 16.7. The number of aromatic hydroxyl groups is 1. The van der Waals surface area contributed by atoms with E-state index in [4.69, 9.17) is 18.9 Å². The lowest BCUT2D eigenvalue weighted by molar-refractivity contribution is -0.121. The Morgan fingerprint density at radius 3 is 2.61 bits per heavy atom. The number of amides is 1. The highest BCUT2D eigenvalue weighted by Gasteiger charge is 2.29. The maximum absolute atomic E-state index is 13.0. The Morgan fingerprint density at radius 1 is 1.14 bits per heavy atom. The molecule has 10 heteroatoms. The summed E-state index contributed by atoms with van der Waals surface area (Å²) in [4.78, 5) is 40.7. The van der Waals surface area contributed by atoms with E-state index < -0.39 is 23.2 Å². The van der Waals surface area contributed by atoms with E-state index in [9.17, 15) is 19.5 Å². The van der Waals surface area contributed by atoms with Crippen LogP contribution in [0.3, 0.4) is 0 Å². The third-order valence-corrected chi connectivity index (χ3v) is 5.78. The summed E-state index contributed by atoms with van der Waals surface area (Å²) in [5, 5.41) is 13.8. The normalized spacial score (nSPS) is 12.6. The summed E-state index contributed by atoms with van der Waals surface area (Å²) in [6.45, 7) is 2.02. The fourth-order valence-electron chi connectivity index (χ4n) is 3.94. The monoisotopic (exact) mass is 494 g/mol. The average molecular weight is 495 g/mol. The molecule has 10 nitrogen and oxygen atoms in total. The Bertz CT molecular complexity index is 1320. The molecule has 1 amide bonds. The predicted octanol–water partition coefficient (Wildman–Crippen LogP) is 2.83. The molecule has 1 atom stereocenters. The fourth-order valence-corrected chi connectivity index (χ4v) is 3.94. The summed E-state index contributed by atoms with van der Waals surface area (Å²) in [5.74, 6) is -0.913. The zero-order chi connectivity index (χ0) is 25.7. The van der Waals surface area contributed by atoms with Gasteiger partial charge in [0.25, 0.3) is 5.56 Å². The molecule has 1 unspecified atom stereocenters. The van der Waals surface area contributed by atoms with Gasteiger partial charge in [0.1, 0.15) is 17.1 Å². The fraction of sp³-hybridized carbons (Fsp3) is 0.269. The zero-order valence-corrected chi connectivity index (χ0v) is 19.8. The number of aromatic amines is 1. The van der Waals surface area contributed by atoms with Gasteiger partial charge >= 0.3 is 5.97 Å². The molecule has 0 spiro atoms. The van der Waals surface area contributed by atoms with Gasteiger partial charge in [-0.25, -0.2) is 4.79 Å². The summed E-state index contributed by atoms with van der Waals surface area (Å²) < 4.78 is 20.9. The maximum Gasteiger partial charge on any atom is 0.343 e.